The Morgan fingerprint density at radius 2 is 2.10 bits per heavy atom. The Hall–Kier alpha value is -1.44. The van der Waals surface area contributed by atoms with E-state index < -0.39 is 5.60 Å². The van der Waals surface area contributed by atoms with Gasteiger partial charge in [-0.1, -0.05) is 18.9 Å². The second kappa shape index (κ2) is 7.02. The molecule has 1 saturated carbocycles. The van der Waals surface area contributed by atoms with E-state index in [-0.39, 0.29) is 18.4 Å². The van der Waals surface area contributed by atoms with E-state index in [1.54, 1.807) is 29.5 Å². The summed E-state index contributed by atoms with van der Waals surface area (Å²) in [5.41, 5.74) is 4.09. The molecule has 1 aromatic heterocycles. The van der Waals surface area contributed by atoms with Crippen LogP contribution in [0.5, 0.6) is 0 Å². The molecule has 7 heteroatoms. The van der Waals surface area contributed by atoms with Crippen molar-refractivity contribution in [2.45, 2.75) is 31.3 Å². The molecule has 21 heavy (non-hydrogen) atoms. The van der Waals surface area contributed by atoms with Crippen LogP contribution in [0.4, 0.5) is 0 Å². The van der Waals surface area contributed by atoms with Gasteiger partial charge in [0.05, 0.1) is 17.0 Å². The van der Waals surface area contributed by atoms with Crippen LogP contribution in [0.15, 0.2) is 17.5 Å². The lowest BCUT2D eigenvalue weighted by atomic mass is 10.0. The Labute approximate surface area is 128 Å². The summed E-state index contributed by atoms with van der Waals surface area (Å²) in [6.45, 7) is 0.603. The highest BCUT2D eigenvalue weighted by Crippen LogP contribution is 2.29. The van der Waals surface area contributed by atoms with Crippen molar-refractivity contribution in [3.05, 3.63) is 22.4 Å². The van der Waals surface area contributed by atoms with Gasteiger partial charge in [-0.2, -0.15) is 0 Å². The first kappa shape index (κ1) is 15.9. The number of hydrazine groups is 1. The second-order valence-electron chi connectivity index (χ2n) is 5.58. The van der Waals surface area contributed by atoms with E-state index in [0.717, 1.165) is 25.7 Å². The smallest absolute Gasteiger partial charge is 0.279 e. The van der Waals surface area contributed by atoms with Gasteiger partial charge in [-0.3, -0.25) is 25.3 Å². The molecule has 3 N–H and O–H groups in total. The van der Waals surface area contributed by atoms with Crippen LogP contribution in [0.3, 0.4) is 0 Å². The van der Waals surface area contributed by atoms with E-state index >= 15 is 0 Å². The fourth-order valence-electron chi connectivity index (χ4n) is 2.63. The zero-order chi connectivity index (χ0) is 15.3. The Balaban J connectivity index is 1.70. The van der Waals surface area contributed by atoms with Gasteiger partial charge < -0.3 is 5.11 Å². The summed E-state index contributed by atoms with van der Waals surface area (Å²) in [4.78, 5) is 25.7. The van der Waals surface area contributed by atoms with E-state index in [4.69, 9.17) is 0 Å². The minimum Gasteiger partial charge on any atom is -0.389 e. The second-order valence-corrected chi connectivity index (χ2v) is 6.53. The van der Waals surface area contributed by atoms with Gasteiger partial charge in [0.25, 0.3) is 11.8 Å². The molecule has 1 aliphatic carbocycles. The van der Waals surface area contributed by atoms with Crippen molar-refractivity contribution >= 4 is 23.2 Å². The topological polar surface area (TPSA) is 81.7 Å². The van der Waals surface area contributed by atoms with Gasteiger partial charge >= 0.3 is 0 Å². The number of nitrogens with zero attached hydrogens (tertiary/aromatic N) is 1. The fourth-order valence-corrected chi connectivity index (χ4v) is 3.25. The van der Waals surface area contributed by atoms with Crippen LogP contribution < -0.4 is 10.9 Å². The van der Waals surface area contributed by atoms with Crippen molar-refractivity contribution in [2.24, 2.45) is 0 Å². The maximum Gasteiger partial charge on any atom is 0.279 e. The van der Waals surface area contributed by atoms with Crippen LogP contribution in [-0.2, 0) is 4.79 Å². The van der Waals surface area contributed by atoms with Gasteiger partial charge in [0.1, 0.15) is 0 Å². The van der Waals surface area contributed by atoms with E-state index in [1.807, 2.05) is 0 Å². The molecule has 1 heterocycles. The molecule has 1 aliphatic rings. The zero-order valence-electron chi connectivity index (χ0n) is 12.1. The molecule has 0 spiro atoms. The normalized spacial score (nSPS) is 16.9. The number of amides is 2. The van der Waals surface area contributed by atoms with Crippen molar-refractivity contribution in [1.82, 2.24) is 15.8 Å². The lowest BCUT2D eigenvalue weighted by Crippen LogP contribution is -2.48. The summed E-state index contributed by atoms with van der Waals surface area (Å²) in [7, 11) is 1.79. The highest BCUT2D eigenvalue weighted by molar-refractivity contribution is 7.12. The van der Waals surface area contributed by atoms with Gasteiger partial charge in [0.2, 0.25) is 0 Å². The number of hydrogen-bond donors (Lipinski definition) is 3. The van der Waals surface area contributed by atoms with Gasteiger partial charge in [-0.15, -0.1) is 11.3 Å². The van der Waals surface area contributed by atoms with E-state index in [0.29, 0.717) is 11.4 Å². The van der Waals surface area contributed by atoms with Gasteiger partial charge in [0.15, 0.2) is 0 Å². The largest absolute Gasteiger partial charge is 0.389 e. The third kappa shape index (κ3) is 4.80. The molecular weight excluding hydrogens is 290 g/mol. The lowest BCUT2D eigenvalue weighted by molar-refractivity contribution is -0.123. The third-order valence-electron chi connectivity index (χ3n) is 3.57. The van der Waals surface area contributed by atoms with Crippen LogP contribution in [0, 0.1) is 0 Å². The molecule has 0 saturated heterocycles. The van der Waals surface area contributed by atoms with Crippen molar-refractivity contribution in [1.29, 1.82) is 0 Å². The van der Waals surface area contributed by atoms with Crippen LogP contribution in [0.2, 0.25) is 0 Å². The van der Waals surface area contributed by atoms with Crippen LogP contribution in [0.1, 0.15) is 35.4 Å². The number of rotatable bonds is 5. The summed E-state index contributed by atoms with van der Waals surface area (Å²) in [6, 6.07) is 3.46. The third-order valence-corrected chi connectivity index (χ3v) is 4.44. The number of hydrogen-bond acceptors (Lipinski definition) is 5. The number of aliphatic hydroxyl groups is 1. The Bertz CT molecular complexity index is 484. The average Bonchev–Trinajstić information content (AvgIpc) is 3.07. The molecule has 0 unspecified atom stereocenters. The highest BCUT2D eigenvalue weighted by atomic mass is 32.1. The minimum atomic E-state index is -0.671. The average molecular weight is 311 g/mol. The van der Waals surface area contributed by atoms with Crippen molar-refractivity contribution in [3.63, 3.8) is 0 Å². The van der Waals surface area contributed by atoms with Crippen molar-refractivity contribution in [2.75, 3.05) is 20.1 Å². The first-order valence-corrected chi connectivity index (χ1v) is 7.90. The molecule has 1 fully saturated rings. The van der Waals surface area contributed by atoms with Crippen LogP contribution in [-0.4, -0.2) is 47.6 Å². The number of carbonyl (C=O) groups excluding carboxylic acids is 2. The molecule has 2 amide bonds. The fraction of sp³-hybridized carbons (Fsp3) is 0.571. The van der Waals surface area contributed by atoms with Crippen LogP contribution in [0.25, 0.3) is 0 Å². The molecule has 0 atom stereocenters. The first-order valence-electron chi connectivity index (χ1n) is 7.02. The summed E-state index contributed by atoms with van der Waals surface area (Å²) < 4.78 is 0. The van der Waals surface area contributed by atoms with Gasteiger partial charge in [-0.05, 0) is 31.3 Å². The number of likely N-dealkylation sites (N-methyl/N-ethyl adjacent to an activating group) is 1. The Morgan fingerprint density at radius 1 is 1.38 bits per heavy atom. The summed E-state index contributed by atoms with van der Waals surface area (Å²) in [5, 5.41) is 12.1. The minimum absolute atomic E-state index is 0.132. The lowest BCUT2D eigenvalue weighted by Gasteiger charge is -2.28. The zero-order valence-corrected chi connectivity index (χ0v) is 12.9. The van der Waals surface area contributed by atoms with Gasteiger partial charge in [0, 0.05) is 6.54 Å². The van der Waals surface area contributed by atoms with E-state index in [1.165, 1.54) is 11.3 Å². The summed E-state index contributed by atoms with van der Waals surface area (Å²) >= 11 is 1.31. The molecule has 0 bridgehead atoms. The summed E-state index contributed by atoms with van der Waals surface area (Å²) in [5.74, 6) is -0.626. The molecule has 0 radical (unpaired) electrons. The SMILES string of the molecule is CN(CC(=O)NNC(=O)c1cccs1)CC1(O)CCCC1. The van der Waals surface area contributed by atoms with Crippen molar-refractivity contribution in [3.8, 4) is 0 Å². The molecule has 6 nitrogen and oxygen atoms in total. The molecule has 2 rings (SSSR count). The quantitative estimate of drug-likeness (QED) is 0.701. The van der Waals surface area contributed by atoms with Crippen LogP contribution >= 0.6 is 11.3 Å². The Kier molecular flexibility index (Phi) is 5.33. The van der Waals surface area contributed by atoms with E-state index in [9.17, 15) is 14.7 Å². The number of nitrogens with one attached hydrogen (secondary N) is 2. The summed E-state index contributed by atoms with van der Waals surface area (Å²) in [6.07, 6.45) is 3.64. The maximum absolute atomic E-state index is 11.8. The van der Waals surface area contributed by atoms with Gasteiger partial charge in [-0.25, -0.2) is 0 Å². The van der Waals surface area contributed by atoms with Crippen molar-refractivity contribution < 1.29 is 14.7 Å². The maximum atomic E-state index is 11.8. The molecule has 0 aliphatic heterocycles. The molecular formula is C14H21N3O3S. The predicted molar refractivity (Wildman–Crippen MR) is 80.8 cm³/mol. The number of carbonyl (C=O) groups is 2. The first-order chi connectivity index (χ1) is 9.98. The predicted octanol–water partition coefficient (Wildman–Crippen LogP) is 0.746. The standard InChI is InChI=1S/C14H21N3O3S/c1-17(10-14(20)6-2-3-7-14)9-12(18)15-16-13(19)11-5-4-8-21-11/h4-5,8,20H,2-3,6-7,9-10H2,1H3,(H,15,18)(H,16,19). The van der Waals surface area contributed by atoms with E-state index in [2.05, 4.69) is 10.9 Å². The molecule has 0 aromatic carbocycles. The highest BCUT2D eigenvalue weighted by Gasteiger charge is 2.32. The molecule has 1 aromatic rings. The number of thiophene rings is 1. The molecule has 116 valence electrons. The Morgan fingerprint density at radius 3 is 2.71 bits per heavy atom. The monoisotopic (exact) mass is 311 g/mol.